The highest BCUT2D eigenvalue weighted by Gasteiger charge is 2.35. The number of amides is 2. The van der Waals surface area contributed by atoms with Gasteiger partial charge in [0.15, 0.2) is 0 Å². The molecule has 1 heterocycles. The maximum Gasteiger partial charge on any atom is 0.328 e. The average Bonchev–Trinajstić information content (AvgIpc) is 2.77. The van der Waals surface area contributed by atoms with Gasteiger partial charge in [0.05, 0.1) is 7.11 Å². The zero-order chi connectivity index (χ0) is 21.7. The van der Waals surface area contributed by atoms with Crippen LogP contribution in [0, 0.1) is 5.41 Å². The Bertz CT molecular complexity index is 852. The third-order valence-electron chi connectivity index (χ3n) is 5.48. The Balaban J connectivity index is 1.58. The van der Waals surface area contributed by atoms with E-state index in [1.54, 1.807) is 4.90 Å². The summed E-state index contributed by atoms with van der Waals surface area (Å²) in [6.07, 6.45) is 0. The van der Waals surface area contributed by atoms with Crippen LogP contribution >= 0.6 is 0 Å². The van der Waals surface area contributed by atoms with Crippen molar-refractivity contribution in [3.8, 4) is 11.1 Å². The predicted molar refractivity (Wildman–Crippen MR) is 119 cm³/mol. The minimum Gasteiger partial charge on any atom is -0.467 e. The molecule has 0 aromatic heterocycles. The van der Waals surface area contributed by atoms with Crippen molar-refractivity contribution in [2.45, 2.75) is 26.8 Å². The number of hydrogen-bond donors (Lipinski definition) is 1. The van der Waals surface area contributed by atoms with Gasteiger partial charge >= 0.3 is 12.0 Å². The highest BCUT2D eigenvalue weighted by Crippen LogP contribution is 2.24. The Labute approximate surface area is 178 Å². The molecule has 2 amide bonds. The predicted octanol–water partition coefficient (Wildman–Crippen LogP) is 3.77. The van der Waals surface area contributed by atoms with E-state index in [4.69, 9.17) is 4.74 Å². The van der Waals surface area contributed by atoms with Gasteiger partial charge in [-0.05, 0) is 28.7 Å². The molecule has 1 atom stereocenters. The highest BCUT2D eigenvalue weighted by atomic mass is 16.5. The molecule has 30 heavy (non-hydrogen) atoms. The summed E-state index contributed by atoms with van der Waals surface area (Å²) in [5, 5.41) is 2.85. The van der Waals surface area contributed by atoms with E-state index in [-0.39, 0.29) is 6.03 Å². The van der Waals surface area contributed by atoms with Crippen LogP contribution in [-0.4, -0.2) is 56.2 Å². The van der Waals surface area contributed by atoms with Gasteiger partial charge in [0.1, 0.15) is 6.04 Å². The van der Waals surface area contributed by atoms with Gasteiger partial charge < -0.3 is 19.9 Å². The molecule has 0 saturated carbocycles. The number of esters is 1. The summed E-state index contributed by atoms with van der Waals surface area (Å²) < 4.78 is 4.86. The number of urea groups is 1. The SMILES string of the molecule is COC(=O)C(NC(=O)N1CCN(c2ccc(-c3ccccc3)cc2)CC1)C(C)(C)C. The van der Waals surface area contributed by atoms with Gasteiger partial charge in [-0.1, -0.05) is 63.2 Å². The zero-order valence-electron chi connectivity index (χ0n) is 18.2. The molecule has 1 aliphatic rings. The normalized spacial score (nSPS) is 15.5. The molecule has 0 radical (unpaired) electrons. The lowest BCUT2D eigenvalue weighted by atomic mass is 9.87. The summed E-state index contributed by atoms with van der Waals surface area (Å²) in [4.78, 5) is 28.8. The third kappa shape index (κ3) is 5.12. The van der Waals surface area contributed by atoms with Crippen LogP contribution in [-0.2, 0) is 9.53 Å². The molecular weight excluding hydrogens is 378 g/mol. The molecule has 1 aliphatic heterocycles. The maximum atomic E-state index is 12.7. The van der Waals surface area contributed by atoms with E-state index in [1.807, 2.05) is 39.0 Å². The van der Waals surface area contributed by atoms with E-state index in [2.05, 4.69) is 46.6 Å². The fraction of sp³-hybridized carbons (Fsp3) is 0.417. The number of carbonyl (C=O) groups is 2. The molecule has 1 unspecified atom stereocenters. The summed E-state index contributed by atoms with van der Waals surface area (Å²) in [5.74, 6) is -0.423. The first-order chi connectivity index (χ1) is 14.3. The Morgan fingerprint density at radius 1 is 0.900 bits per heavy atom. The van der Waals surface area contributed by atoms with Crippen molar-refractivity contribution >= 4 is 17.7 Å². The zero-order valence-corrected chi connectivity index (χ0v) is 18.2. The van der Waals surface area contributed by atoms with Crippen LogP contribution in [0.4, 0.5) is 10.5 Å². The number of methoxy groups -OCH3 is 1. The molecule has 6 nitrogen and oxygen atoms in total. The number of rotatable bonds is 4. The molecule has 3 rings (SSSR count). The second kappa shape index (κ2) is 9.20. The summed E-state index contributed by atoms with van der Waals surface area (Å²) >= 11 is 0. The molecule has 160 valence electrons. The van der Waals surface area contributed by atoms with Crippen molar-refractivity contribution < 1.29 is 14.3 Å². The lowest BCUT2D eigenvalue weighted by molar-refractivity contribution is -0.145. The van der Waals surface area contributed by atoms with E-state index in [9.17, 15) is 9.59 Å². The molecule has 0 aliphatic carbocycles. The fourth-order valence-electron chi connectivity index (χ4n) is 3.62. The van der Waals surface area contributed by atoms with Crippen molar-refractivity contribution in [2.24, 2.45) is 5.41 Å². The number of anilines is 1. The summed E-state index contributed by atoms with van der Waals surface area (Å²) in [5.41, 5.74) is 3.11. The number of carbonyl (C=O) groups excluding carboxylic acids is 2. The molecule has 2 aromatic carbocycles. The molecule has 6 heteroatoms. The first-order valence-corrected chi connectivity index (χ1v) is 10.3. The molecule has 0 bridgehead atoms. The van der Waals surface area contributed by atoms with Crippen LogP contribution in [0.15, 0.2) is 54.6 Å². The van der Waals surface area contributed by atoms with Gasteiger partial charge in [0.25, 0.3) is 0 Å². The first-order valence-electron chi connectivity index (χ1n) is 10.3. The Kier molecular flexibility index (Phi) is 6.65. The van der Waals surface area contributed by atoms with Gasteiger partial charge in [0, 0.05) is 31.9 Å². The monoisotopic (exact) mass is 409 g/mol. The summed E-state index contributed by atoms with van der Waals surface area (Å²) in [6, 6.07) is 17.9. The van der Waals surface area contributed by atoms with Crippen LogP contribution in [0.2, 0.25) is 0 Å². The molecular formula is C24H31N3O3. The number of benzene rings is 2. The highest BCUT2D eigenvalue weighted by molar-refractivity contribution is 5.84. The first kappa shape index (κ1) is 21.7. The maximum absolute atomic E-state index is 12.7. The number of nitrogens with one attached hydrogen (secondary N) is 1. The Morgan fingerprint density at radius 2 is 1.47 bits per heavy atom. The van der Waals surface area contributed by atoms with E-state index in [1.165, 1.54) is 18.2 Å². The van der Waals surface area contributed by atoms with Crippen LogP contribution in [0.1, 0.15) is 20.8 Å². The van der Waals surface area contributed by atoms with Gasteiger partial charge in [-0.25, -0.2) is 9.59 Å². The quantitative estimate of drug-likeness (QED) is 0.781. The molecule has 2 aromatic rings. The van der Waals surface area contributed by atoms with Crippen molar-refractivity contribution in [2.75, 3.05) is 38.2 Å². The number of nitrogens with zero attached hydrogens (tertiary/aromatic N) is 2. The van der Waals surface area contributed by atoms with Gasteiger partial charge in [0.2, 0.25) is 0 Å². The lowest BCUT2D eigenvalue weighted by Crippen LogP contribution is -2.57. The Morgan fingerprint density at radius 3 is 2.00 bits per heavy atom. The molecule has 0 spiro atoms. The minimum absolute atomic E-state index is 0.223. The lowest BCUT2D eigenvalue weighted by Gasteiger charge is -2.38. The number of hydrogen-bond acceptors (Lipinski definition) is 4. The van der Waals surface area contributed by atoms with Gasteiger partial charge in [-0.3, -0.25) is 0 Å². The van der Waals surface area contributed by atoms with E-state index in [0.717, 1.165) is 18.8 Å². The van der Waals surface area contributed by atoms with Crippen LogP contribution in [0.25, 0.3) is 11.1 Å². The second-order valence-electron chi connectivity index (χ2n) is 8.66. The standard InChI is InChI=1S/C24H31N3O3/c1-24(2,3)21(22(28)30-4)25-23(29)27-16-14-26(15-17-27)20-12-10-19(11-13-20)18-8-6-5-7-9-18/h5-13,21H,14-17H2,1-4H3,(H,25,29). The summed E-state index contributed by atoms with van der Waals surface area (Å²) in [7, 11) is 1.34. The fourth-order valence-corrected chi connectivity index (χ4v) is 3.62. The largest absolute Gasteiger partial charge is 0.467 e. The van der Waals surface area contributed by atoms with Crippen LogP contribution in [0.5, 0.6) is 0 Å². The van der Waals surface area contributed by atoms with Crippen LogP contribution in [0.3, 0.4) is 0 Å². The molecule has 1 fully saturated rings. The van der Waals surface area contributed by atoms with Crippen molar-refractivity contribution in [3.63, 3.8) is 0 Å². The topological polar surface area (TPSA) is 61.9 Å². The number of piperazine rings is 1. The van der Waals surface area contributed by atoms with Gasteiger partial charge in [-0.2, -0.15) is 0 Å². The molecule has 1 N–H and O–H groups in total. The second-order valence-corrected chi connectivity index (χ2v) is 8.66. The van der Waals surface area contributed by atoms with Gasteiger partial charge in [-0.15, -0.1) is 0 Å². The van der Waals surface area contributed by atoms with Crippen molar-refractivity contribution in [1.29, 1.82) is 0 Å². The minimum atomic E-state index is -0.682. The van der Waals surface area contributed by atoms with E-state index in [0.29, 0.717) is 13.1 Å². The van der Waals surface area contributed by atoms with Crippen LogP contribution < -0.4 is 10.2 Å². The average molecular weight is 410 g/mol. The van der Waals surface area contributed by atoms with E-state index < -0.39 is 17.4 Å². The van der Waals surface area contributed by atoms with Crippen molar-refractivity contribution in [1.82, 2.24) is 10.2 Å². The van der Waals surface area contributed by atoms with E-state index >= 15 is 0 Å². The van der Waals surface area contributed by atoms with Crippen molar-refractivity contribution in [3.05, 3.63) is 54.6 Å². The molecule has 1 saturated heterocycles. The summed E-state index contributed by atoms with van der Waals surface area (Å²) in [6.45, 7) is 8.42. The number of ether oxygens (including phenoxy) is 1. The smallest absolute Gasteiger partial charge is 0.328 e. The Hall–Kier alpha value is -3.02. The third-order valence-corrected chi connectivity index (χ3v) is 5.48.